The highest BCUT2D eigenvalue weighted by Gasteiger charge is 2.24. The van der Waals surface area contributed by atoms with Crippen molar-refractivity contribution in [2.24, 2.45) is 0 Å². The summed E-state index contributed by atoms with van der Waals surface area (Å²) in [6, 6.07) is 9.85. The molecule has 0 atom stereocenters. The molecule has 1 saturated heterocycles. The lowest BCUT2D eigenvalue weighted by Crippen LogP contribution is -2.40. The van der Waals surface area contributed by atoms with Crippen molar-refractivity contribution < 1.29 is 8.42 Å². The smallest absolute Gasteiger partial charge is 0.225 e. The van der Waals surface area contributed by atoms with E-state index in [-0.39, 0.29) is 0 Å². The van der Waals surface area contributed by atoms with E-state index in [1.807, 2.05) is 30.7 Å². The van der Waals surface area contributed by atoms with Gasteiger partial charge in [-0.25, -0.2) is 23.4 Å². The molecule has 0 saturated carbocycles. The Labute approximate surface area is 201 Å². The molecule has 0 amide bonds. The van der Waals surface area contributed by atoms with E-state index in [1.54, 1.807) is 12.1 Å². The highest BCUT2D eigenvalue weighted by Crippen LogP contribution is 2.35. The molecular formula is C25H30N6O2S. The number of hydrogen-bond acceptors (Lipinski definition) is 8. The van der Waals surface area contributed by atoms with E-state index in [2.05, 4.69) is 43.1 Å². The zero-order valence-corrected chi connectivity index (χ0v) is 20.4. The van der Waals surface area contributed by atoms with Gasteiger partial charge in [0, 0.05) is 50.0 Å². The Balaban J connectivity index is 1.19. The molecule has 0 spiro atoms. The number of fused-ring (bicyclic) bond motifs is 1. The molecule has 9 heteroatoms. The molecule has 4 heterocycles. The number of nitrogens with one attached hydrogen (secondary N) is 1. The Bertz CT molecular complexity index is 1250. The van der Waals surface area contributed by atoms with Crippen LogP contribution in [0.1, 0.15) is 30.9 Å². The average molecular weight is 479 g/mol. The number of aromatic nitrogens is 3. The van der Waals surface area contributed by atoms with E-state index in [4.69, 9.17) is 0 Å². The second kappa shape index (κ2) is 9.21. The van der Waals surface area contributed by atoms with Crippen LogP contribution >= 0.6 is 0 Å². The molecule has 5 rings (SSSR count). The van der Waals surface area contributed by atoms with E-state index in [0.717, 1.165) is 79.6 Å². The molecule has 1 aromatic carbocycles. The van der Waals surface area contributed by atoms with Gasteiger partial charge in [0.1, 0.15) is 5.82 Å². The normalized spacial score (nSPS) is 16.5. The third kappa shape index (κ3) is 4.70. The van der Waals surface area contributed by atoms with Crippen molar-refractivity contribution in [3.8, 4) is 0 Å². The van der Waals surface area contributed by atoms with Crippen molar-refractivity contribution in [3.63, 3.8) is 0 Å². The molecule has 0 aliphatic carbocycles. The first-order chi connectivity index (χ1) is 16.4. The van der Waals surface area contributed by atoms with Crippen molar-refractivity contribution in [2.45, 2.75) is 43.5 Å². The van der Waals surface area contributed by atoms with E-state index >= 15 is 0 Å². The highest BCUT2D eigenvalue weighted by molar-refractivity contribution is 7.90. The molecular weight excluding hydrogens is 448 g/mol. The molecule has 8 nitrogen and oxygen atoms in total. The number of nitrogens with zero attached hydrogens (tertiary/aromatic N) is 5. The molecule has 2 aromatic heterocycles. The molecule has 2 aliphatic heterocycles. The summed E-state index contributed by atoms with van der Waals surface area (Å²) in [7, 11) is -3.20. The Morgan fingerprint density at radius 2 is 1.76 bits per heavy atom. The molecule has 3 aromatic rings. The third-order valence-corrected chi connectivity index (χ3v) is 7.76. The summed E-state index contributed by atoms with van der Waals surface area (Å²) in [6.45, 7) is 4.75. The number of rotatable bonds is 6. The van der Waals surface area contributed by atoms with Gasteiger partial charge >= 0.3 is 0 Å². The van der Waals surface area contributed by atoms with Gasteiger partial charge in [0.05, 0.1) is 16.8 Å². The minimum atomic E-state index is -3.20. The second-order valence-electron chi connectivity index (χ2n) is 9.02. The summed E-state index contributed by atoms with van der Waals surface area (Å²) in [4.78, 5) is 18.5. The predicted molar refractivity (Wildman–Crippen MR) is 135 cm³/mol. The van der Waals surface area contributed by atoms with Crippen molar-refractivity contribution in [2.75, 3.05) is 41.0 Å². The summed E-state index contributed by atoms with van der Waals surface area (Å²) < 4.78 is 23.7. The van der Waals surface area contributed by atoms with Gasteiger partial charge in [-0.1, -0.05) is 6.92 Å². The van der Waals surface area contributed by atoms with E-state index < -0.39 is 9.84 Å². The first-order valence-electron chi connectivity index (χ1n) is 11.8. The summed E-state index contributed by atoms with van der Waals surface area (Å²) in [6.07, 6.45) is 10.8. The maximum Gasteiger partial charge on any atom is 0.225 e. The van der Waals surface area contributed by atoms with Crippen LogP contribution in [0.5, 0.6) is 0 Å². The Kier molecular flexibility index (Phi) is 6.12. The van der Waals surface area contributed by atoms with Crippen LogP contribution in [0.3, 0.4) is 0 Å². The molecule has 0 bridgehead atoms. The largest absolute Gasteiger partial charge is 0.381 e. The number of benzene rings is 1. The Morgan fingerprint density at radius 3 is 2.41 bits per heavy atom. The van der Waals surface area contributed by atoms with Crippen LogP contribution < -0.4 is 15.1 Å². The summed E-state index contributed by atoms with van der Waals surface area (Å²) in [5.74, 6) is 1.69. The summed E-state index contributed by atoms with van der Waals surface area (Å²) in [5, 5.41) is 3.62. The fourth-order valence-corrected chi connectivity index (χ4v) is 5.30. The van der Waals surface area contributed by atoms with Gasteiger partial charge in [-0.15, -0.1) is 0 Å². The number of pyridine rings is 1. The van der Waals surface area contributed by atoms with Crippen LogP contribution in [0.25, 0.3) is 0 Å². The fraction of sp³-hybridized carbons (Fsp3) is 0.400. The van der Waals surface area contributed by atoms with Gasteiger partial charge < -0.3 is 15.1 Å². The van der Waals surface area contributed by atoms with Crippen molar-refractivity contribution in [1.29, 1.82) is 0 Å². The van der Waals surface area contributed by atoms with Gasteiger partial charge in [-0.2, -0.15) is 0 Å². The maximum atomic E-state index is 11.9. The predicted octanol–water partition coefficient (Wildman–Crippen LogP) is 3.61. The van der Waals surface area contributed by atoms with Crippen molar-refractivity contribution in [3.05, 3.63) is 60.0 Å². The minimum absolute atomic E-state index is 0.371. The van der Waals surface area contributed by atoms with Crippen molar-refractivity contribution in [1.82, 2.24) is 15.0 Å². The number of anilines is 4. The lowest BCUT2D eigenvalue weighted by molar-refractivity contribution is 0.519. The number of aryl methyl sites for hydroxylation is 1. The van der Waals surface area contributed by atoms with Gasteiger partial charge in [0.2, 0.25) is 5.95 Å². The van der Waals surface area contributed by atoms with E-state index in [0.29, 0.717) is 10.9 Å². The first kappa shape index (κ1) is 22.6. The monoisotopic (exact) mass is 478 g/mol. The van der Waals surface area contributed by atoms with Crippen LogP contribution in [-0.2, 0) is 22.7 Å². The maximum absolute atomic E-state index is 11.9. The summed E-state index contributed by atoms with van der Waals surface area (Å²) in [5.41, 5.74) is 4.25. The Morgan fingerprint density at radius 1 is 1.00 bits per heavy atom. The van der Waals surface area contributed by atoms with Gasteiger partial charge in [-0.3, -0.25) is 0 Å². The molecule has 34 heavy (non-hydrogen) atoms. The SMILES string of the molecule is CCc1cnc(N2CCC(Nc3ccc(N4CCc5cc(S(C)(=O)=O)ccc54)nc3)CC2)nc1. The van der Waals surface area contributed by atoms with Gasteiger partial charge in [0.25, 0.3) is 0 Å². The molecule has 178 valence electrons. The molecule has 0 unspecified atom stereocenters. The molecule has 2 aliphatic rings. The van der Waals surface area contributed by atoms with Crippen molar-refractivity contribution >= 4 is 33.0 Å². The lowest BCUT2D eigenvalue weighted by Gasteiger charge is -2.32. The first-order valence-corrected chi connectivity index (χ1v) is 13.7. The topological polar surface area (TPSA) is 91.3 Å². The standard InChI is InChI=1S/C25H30N6O2S/c1-3-18-15-27-25(28-16-18)30-11-9-20(10-12-30)29-21-4-7-24(26-17-21)31-13-8-19-14-22(34(2,32)33)5-6-23(19)31/h4-7,14-17,20,29H,3,8-13H2,1-2H3. The zero-order chi connectivity index (χ0) is 23.7. The van der Waals surface area contributed by atoms with Crippen LogP contribution in [0.2, 0.25) is 0 Å². The highest BCUT2D eigenvalue weighted by atomic mass is 32.2. The van der Waals surface area contributed by atoms with Gasteiger partial charge in [-0.05, 0) is 67.1 Å². The average Bonchev–Trinajstić information content (AvgIpc) is 3.28. The quantitative estimate of drug-likeness (QED) is 0.575. The van der Waals surface area contributed by atoms with E-state index in [1.165, 1.54) is 6.26 Å². The number of piperidine rings is 1. The van der Waals surface area contributed by atoms with Crippen LogP contribution in [-0.4, -0.2) is 55.3 Å². The molecule has 0 radical (unpaired) electrons. The van der Waals surface area contributed by atoms with Gasteiger partial charge in [0.15, 0.2) is 9.84 Å². The molecule has 1 N–H and O–H groups in total. The van der Waals surface area contributed by atoms with E-state index in [9.17, 15) is 8.42 Å². The number of hydrogen-bond donors (Lipinski definition) is 1. The van der Waals surface area contributed by atoms with Crippen LogP contribution in [0.4, 0.5) is 23.1 Å². The van der Waals surface area contributed by atoms with Crippen LogP contribution in [0.15, 0.2) is 53.8 Å². The third-order valence-electron chi connectivity index (χ3n) is 6.65. The second-order valence-corrected chi connectivity index (χ2v) is 11.0. The molecule has 1 fully saturated rings. The minimum Gasteiger partial charge on any atom is -0.381 e. The number of sulfone groups is 1. The summed E-state index contributed by atoms with van der Waals surface area (Å²) >= 11 is 0. The zero-order valence-electron chi connectivity index (χ0n) is 19.6. The van der Waals surface area contributed by atoms with Crippen LogP contribution in [0, 0.1) is 0 Å². The Hall–Kier alpha value is -3.20. The fourth-order valence-electron chi connectivity index (χ4n) is 4.63. The lowest BCUT2D eigenvalue weighted by atomic mass is 10.1.